The third-order valence-electron chi connectivity index (χ3n) is 5.47. The molecule has 0 bridgehead atoms. The fourth-order valence-corrected chi connectivity index (χ4v) is 5.90. The Morgan fingerprint density at radius 1 is 1.16 bits per heavy atom. The summed E-state index contributed by atoms with van der Waals surface area (Å²) in [7, 11) is -3.52. The van der Waals surface area contributed by atoms with Crippen LogP contribution in [0.15, 0.2) is 34.5 Å². The van der Waals surface area contributed by atoms with Crippen LogP contribution >= 0.6 is 11.3 Å². The minimum Gasteiger partial charge on any atom is -0.326 e. The summed E-state index contributed by atoms with van der Waals surface area (Å²) < 4.78 is 27.2. The molecular weight excluding hydrogens is 436 g/mol. The van der Waals surface area contributed by atoms with Crippen molar-refractivity contribution < 1.29 is 18.0 Å². The number of carbonyl (C=O) groups excluding carboxylic acids is 2. The Hall–Kier alpha value is -2.30. The van der Waals surface area contributed by atoms with Crippen LogP contribution in [0.4, 0.5) is 10.8 Å². The fourth-order valence-electron chi connectivity index (χ4n) is 3.59. The SMILES string of the molecule is CC1CCCN(S(=O)(=O)c2ccc(NC(=O)Cc3csc(NC(=O)C4CC4)n3)cc2)C1. The fraction of sp³-hybridized carbons (Fsp3) is 0.476. The molecule has 0 spiro atoms. The minimum atomic E-state index is -3.52. The zero-order valence-corrected chi connectivity index (χ0v) is 19.0. The number of hydrogen-bond donors (Lipinski definition) is 2. The highest BCUT2D eigenvalue weighted by Gasteiger charge is 2.30. The molecule has 10 heteroatoms. The minimum absolute atomic E-state index is 0.0144. The Labute approximate surface area is 186 Å². The predicted molar refractivity (Wildman–Crippen MR) is 119 cm³/mol. The van der Waals surface area contributed by atoms with Gasteiger partial charge in [0.1, 0.15) is 0 Å². The van der Waals surface area contributed by atoms with Gasteiger partial charge < -0.3 is 10.6 Å². The van der Waals surface area contributed by atoms with Gasteiger partial charge in [0.25, 0.3) is 0 Å². The van der Waals surface area contributed by atoms with Crippen molar-refractivity contribution in [2.75, 3.05) is 23.7 Å². The van der Waals surface area contributed by atoms with Gasteiger partial charge in [0.2, 0.25) is 21.8 Å². The summed E-state index contributed by atoms with van der Waals surface area (Å²) in [4.78, 5) is 28.6. The summed E-state index contributed by atoms with van der Waals surface area (Å²) in [5.74, 6) is 0.182. The standard InChI is InChI=1S/C21H26N4O4S2/c1-14-3-2-10-25(12-14)31(28,29)18-8-6-16(7-9-18)22-19(26)11-17-13-30-21(23-17)24-20(27)15-4-5-15/h6-9,13-15H,2-5,10-12H2,1H3,(H,22,26)(H,23,24,27). The summed E-state index contributed by atoms with van der Waals surface area (Å²) in [5.41, 5.74) is 1.10. The quantitative estimate of drug-likeness (QED) is 0.657. The molecule has 1 aliphatic carbocycles. The molecule has 2 aliphatic rings. The summed E-state index contributed by atoms with van der Waals surface area (Å²) in [5, 5.41) is 7.79. The normalized spacial score (nSPS) is 19.7. The highest BCUT2D eigenvalue weighted by Crippen LogP contribution is 2.30. The first-order valence-corrected chi connectivity index (χ1v) is 12.8. The first-order valence-electron chi connectivity index (χ1n) is 10.5. The molecule has 1 atom stereocenters. The average molecular weight is 463 g/mol. The largest absolute Gasteiger partial charge is 0.326 e. The van der Waals surface area contributed by atoms with Crippen LogP contribution < -0.4 is 10.6 Å². The number of aromatic nitrogens is 1. The molecule has 4 rings (SSSR count). The molecule has 2 heterocycles. The van der Waals surface area contributed by atoms with Crippen molar-refractivity contribution in [3.63, 3.8) is 0 Å². The Kier molecular flexibility index (Phi) is 6.40. The van der Waals surface area contributed by atoms with E-state index in [1.54, 1.807) is 17.5 Å². The number of sulfonamides is 1. The molecule has 1 aliphatic heterocycles. The van der Waals surface area contributed by atoms with Crippen molar-refractivity contribution in [3.05, 3.63) is 35.3 Å². The molecule has 1 unspecified atom stereocenters. The number of carbonyl (C=O) groups is 2. The summed E-state index contributed by atoms with van der Waals surface area (Å²) in [6.07, 6.45) is 3.83. The highest BCUT2D eigenvalue weighted by atomic mass is 32.2. The van der Waals surface area contributed by atoms with E-state index in [2.05, 4.69) is 22.5 Å². The van der Waals surface area contributed by atoms with E-state index in [1.807, 2.05) is 0 Å². The third kappa shape index (κ3) is 5.50. The van der Waals surface area contributed by atoms with Crippen molar-refractivity contribution in [1.82, 2.24) is 9.29 Å². The number of thiazole rings is 1. The van der Waals surface area contributed by atoms with Gasteiger partial charge >= 0.3 is 0 Å². The lowest BCUT2D eigenvalue weighted by Gasteiger charge is -2.30. The predicted octanol–water partition coefficient (Wildman–Crippen LogP) is 3.09. The molecule has 2 amide bonds. The van der Waals surface area contributed by atoms with Crippen molar-refractivity contribution >= 4 is 44.0 Å². The van der Waals surface area contributed by atoms with E-state index in [4.69, 9.17) is 0 Å². The maximum Gasteiger partial charge on any atom is 0.243 e. The van der Waals surface area contributed by atoms with Crippen LogP contribution in [0.1, 0.15) is 38.3 Å². The first-order chi connectivity index (χ1) is 14.8. The van der Waals surface area contributed by atoms with Gasteiger partial charge in [-0.2, -0.15) is 4.31 Å². The molecule has 31 heavy (non-hydrogen) atoms. The van der Waals surface area contributed by atoms with Gasteiger partial charge in [0.05, 0.1) is 17.0 Å². The van der Waals surface area contributed by atoms with Gasteiger partial charge in [0.15, 0.2) is 5.13 Å². The number of nitrogens with zero attached hydrogens (tertiary/aromatic N) is 2. The molecule has 166 valence electrons. The van der Waals surface area contributed by atoms with Crippen LogP contribution in [0.2, 0.25) is 0 Å². The Bertz CT molecular complexity index is 1060. The highest BCUT2D eigenvalue weighted by molar-refractivity contribution is 7.89. The van der Waals surface area contributed by atoms with E-state index < -0.39 is 10.0 Å². The number of amides is 2. The number of piperidine rings is 1. The first kappa shape index (κ1) is 21.9. The van der Waals surface area contributed by atoms with Crippen LogP contribution in [-0.4, -0.2) is 42.6 Å². The third-order valence-corrected chi connectivity index (χ3v) is 8.15. The summed E-state index contributed by atoms with van der Waals surface area (Å²) in [6.45, 7) is 3.14. The van der Waals surface area contributed by atoms with Crippen molar-refractivity contribution in [3.8, 4) is 0 Å². The average Bonchev–Trinajstić information content (AvgIpc) is 3.50. The maximum atomic E-state index is 12.8. The second-order valence-corrected chi connectivity index (χ2v) is 11.1. The number of nitrogens with one attached hydrogen (secondary N) is 2. The molecule has 1 saturated carbocycles. The Morgan fingerprint density at radius 3 is 2.58 bits per heavy atom. The lowest BCUT2D eigenvalue weighted by molar-refractivity contribution is -0.117. The van der Waals surface area contributed by atoms with Crippen LogP contribution in [-0.2, 0) is 26.0 Å². The molecule has 1 saturated heterocycles. The molecule has 1 aromatic heterocycles. The molecule has 2 aromatic rings. The van der Waals surface area contributed by atoms with E-state index in [0.717, 1.165) is 25.7 Å². The number of rotatable bonds is 7. The van der Waals surface area contributed by atoms with Crippen LogP contribution in [0.25, 0.3) is 0 Å². The van der Waals surface area contributed by atoms with Gasteiger partial charge in [-0.25, -0.2) is 13.4 Å². The molecule has 0 radical (unpaired) electrons. The monoisotopic (exact) mass is 462 g/mol. The number of benzene rings is 1. The van der Waals surface area contributed by atoms with E-state index in [0.29, 0.717) is 35.5 Å². The van der Waals surface area contributed by atoms with Gasteiger partial charge in [-0.15, -0.1) is 11.3 Å². The molecule has 8 nitrogen and oxygen atoms in total. The molecule has 2 fully saturated rings. The van der Waals surface area contributed by atoms with E-state index in [-0.39, 0.29) is 29.0 Å². The van der Waals surface area contributed by atoms with E-state index in [1.165, 1.54) is 27.8 Å². The summed E-state index contributed by atoms with van der Waals surface area (Å²) >= 11 is 1.30. The topological polar surface area (TPSA) is 108 Å². The van der Waals surface area contributed by atoms with E-state index >= 15 is 0 Å². The van der Waals surface area contributed by atoms with Gasteiger partial charge in [0, 0.05) is 30.1 Å². The van der Waals surface area contributed by atoms with Gasteiger partial charge in [-0.05, 0) is 55.9 Å². The van der Waals surface area contributed by atoms with E-state index in [9.17, 15) is 18.0 Å². The molecule has 2 N–H and O–H groups in total. The van der Waals surface area contributed by atoms with Crippen molar-refractivity contribution in [1.29, 1.82) is 0 Å². The van der Waals surface area contributed by atoms with Crippen molar-refractivity contribution in [2.45, 2.75) is 43.9 Å². The second kappa shape index (κ2) is 9.05. The number of anilines is 2. The van der Waals surface area contributed by atoms with Crippen molar-refractivity contribution in [2.24, 2.45) is 11.8 Å². The lowest BCUT2D eigenvalue weighted by Crippen LogP contribution is -2.39. The Balaban J connectivity index is 1.33. The lowest BCUT2D eigenvalue weighted by atomic mass is 10.0. The van der Waals surface area contributed by atoms with Crippen LogP contribution in [0.5, 0.6) is 0 Å². The maximum absolute atomic E-state index is 12.8. The van der Waals surface area contributed by atoms with Gasteiger partial charge in [-0.1, -0.05) is 6.92 Å². The number of hydrogen-bond acceptors (Lipinski definition) is 6. The van der Waals surface area contributed by atoms with Gasteiger partial charge in [-0.3, -0.25) is 9.59 Å². The van der Waals surface area contributed by atoms with Crippen LogP contribution in [0, 0.1) is 11.8 Å². The smallest absolute Gasteiger partial charge is 0.243 e. The Morgan fingerprint density at radius 2 is 1.90 bits per heavy atom. The summed E-state index contributed by atoms with van der Waals surface area (Å²) in [6, 6.07) is 6.25. The second-order valence-electron chi connectivity index (χ2n) is 8.27. The zero-order valence-electron chi connectivity index (χ0n) is 17.3. The molecule has 1 aromatic carbocycles. The molecular formula is C21H26N4O4S2. The zero-order chi connectivity index (χ0) is 22.0. The van der Waals surface area contributed by atoms with Crippen LogP contribution in [0.3, 0.4) is 0 Å².